The van der Waals surface area contributed by atoms with E-state index < -0.39 is 49.9 Å². The number of sulfonamides is 1. The van der Waals surface area contributed by atoms with Crippen molar-refractivity contribution >= 4 is 60.7 Å². The first-order valence-corrected chi connectivity index (χ1v) is 17.4. The lowest BCUT2D eigenvalue weighted by atomic mass is 10.0. The summed E-state index contributed by atoms with van der Waals surface area (Å²) in [6.07, 6.45) is 0.145. The number of nitro groups is 1. The lowest BCUT2D eigenvalue weighted by Gasteiger charge is -2.34. The van der Waals surface area contributed by atoms with Crippen LogP contribution < -0.4 is 14.4 Å². The number of carbonyl (C=O) groups is 2. The number of rotatable bonds is 14. The van der Waals surface area contributed by atoms with E-state index in [1.54, 1.807) is 31.2 Å². The number of halogens is 2. The third kappa shape index (κ3) is 8.71. The van der Waals surface area contributed by atoms with Gasteiger partial charge >= 0.3 is 0 Å². The van der Waals surface area contributed by atoms with E-state index in [-0.39, 0.29) is 35.0 Å². The monoisotopic (exact) mass is 756 g/mol. The van der Waals surface area contributed by atoms with Crippen LogP contribution in [0.1, 0.15) is 23.6 Å². The molecule has 0 aromatic heterocycles. The van der Waals surface area contributed by atoms with E-state index in [2.05, 4.69) is 21.2 Å². The van der Waals surface area contributed by atoms with Gasteiger partial charge in [0.05, 0.1) is 22.6 Å². The zero-order valence-electron chi connectivity index (χ0n) is 26.4. The first-order valence-electron chi connectivity index (χ1n) is 14.8. The van der Waals surface area contributed by atoms with Gasteiger partial charge in [0.15, 0.2) is 0 Å². The number of anilines is 1. The van der Waals surface area contributed by atoms with Crippen LogP contribution >= 0.6 is 27.5 Å². The Morgan fingerprint density at radius 3 is 2.31 bits per heavy atom. The second-order valence-corrected chi connectivity index (χ2v) is 14.0. The number of hydrogen-bond donors (Lipinski definition) is 1. The van der Waals surface area contributed by atoms with Crippen LogP contribution in [0.5, 0.6) is 5.75 Å². The molecule has 1 atom stereocenters. The molecule has 4 rings (SSSR count). The number of methoxy groups -OCH3 is 1. The molecule has 0 aliphatic rings. The minimum Gasteiger partial charge on any atom is -0.495 e. The first kappa shape index (κ1) is 36.4. The van der Waals surface area contributed by atoms with Gasteiger partial charge in [-0.15, -0.1) is 0 Å². The van der Waals surface area contributed by atoms with Crippen molar-refractivity contribution in [2.45, 2.75) is 37.8 Å². The quantitative estimate of drug-likeness (QED) is 0.118. The van der Waals surface area contributed by atoms with E-state index in [1.165, 1.54) is 49.3 Å². The van der Waals surface area contributed by atoms with Gasteiger partial charge in [-0.25, -0.2) is 8.42 Å². The van der Waals surface area contributed by atoms with Crippen LogP contribution in [-0.4, -0.2) is 56.3 Å². The molecule has 0 saturated heterocycles. The van der Waals surface area contributed by atoms with Crippen LogP contribution in [-0.2, 0) is 32.6 Å². The van der Waals surface area contributed by atoms with E-state index in [1.807, 2.05) is 30.3 Å². The fraction of sp³-hybridized carbons (Fsp3) is 0.235. The van der Waals surface area contributed by atoms with E-state index >= 15 is 0 Å². The van der Waals surface area contributed by atoms with Crippen LogP contribution in [0, 0.1) is 17.0 Å². The number of aryl methyl sites for hydroxylation is 1. The number of nitrogens with zero attached hydrogens (tertiary/aromatic N) is 3. The maximum absolute atomic E-state index is 14.6. The molecule has 0 spiro atoms. The average molecular weight is 758 g/mol. The summed E-state index contributed by atoms with van der Waals surface area (Å²) in [7, 11) is -3.33. The number of amides is 2. The van der Waals surface area contributed by atoms with Gasteiger partial charge in [-0.3, -0.25) is 24.0 Å². The summed E-state index contributed by atoms with van der Waals surface area (Å²) in [6.45, 7) is 2.74. The number of hydrogen-bond acceptors (Lipinski definition) is 7. The molecule has 0 heterocycles. The van der Waals surface area contributed by atoms with Crippen molar-refractivity contribution in [3.8, 4) is 5.75 Å². The Morgan fingerprint density at radius 1 is 1.00 bits per heavy atom. The van der Waals surface area contributed by atoms with Gasteiger partial charge in [0.1, 0.15) is 18.3 Å². The summed E-state index contributed by atoms with van der Waals surface area (Å²) >= 11 is 9.73. The Hall–Kier alpha value is -4.46. The maximum atomic E-state index is 14.6. The lowest BCUT2D eigenvalue weighted by molar-refractivity contribution is -0.385. The highest BCUT2D eigenvalue weighted by Crippen LogP contribution is 2.36. The summed E-state index contributed by atoms with van der Waals surface area (Å²) in [5, 5.41) is 14.7. The highest BCUT2D eigenvalue weighted by atomic mass is 79.9. The molecule has 0 saturated carbocycles. The molecule has 0 fully saturated rings. The number of carbonyl (C=O) groups excluding carboxylic acids is 2. The Kier molecular flexibility index (Phi) is 12.2. The molecule has 0 aliphatic carbocycles. The molecule has 1 unspecified atom stereocenters. The normalized spacial score (nSPS) is 11.8. The molecule has 0 bridgehead atoms. The molecule has 4 aromatic rings. The zero-order valence-corrected chi connectivity index (χ0v) is 29.6. The zero-order chi connectivity index (χ0) is 35.0. The molecule has 2 amide bonds. The van der Waals surface area contributed by atoms with Crippen LogP contribution in [0.2, 0.25) is 5.02 Å². The Bertz CT molecular complexity index is 1890. The molecular weight excluding hydrogens is 724 g/mol. The van der Waals surface area contributed by atoms with Crippen LogP contribution in [0.4, 0.5) is 11.4 Å². The van der Waals surface area contributed by atoms with Crippen LogP contribution in [0.15, 0.2) is 100 Å². The van der Waals surface area contributed by atoms with Crippen molar-refractivity contribution in [3.63, 3.8) is 0 Å². The summed E-state index contributed by atoms with van der Waals surface area (Å²) in [5.41, 5.74) is 1.26. The highest BCUT2D eigenvalue weighted by molar-refractivity contribution is 9.10. The predicted molar refractivity (Wildman–Crippen MR) is 188 cm³/mol. The van der Waals surface area contributed by atoms with E-state index in [9.17, 15) is 28.1 Å². The summed E-state index contributed by atoms with van der Waals surface area (Å²) < 4.78 is 35.9. The molecule has 4 aromatic carbocycles. The van der Waals surface area contributed by atoms with Gasteiger partial charge in [-0.2, -0.15) is 0 Å². The van der Waals surface area contributed by atoms with Crippen molar-refractivity contribution in [2.75, 3.05) is 24.5 Å². The van der Waals surface area contributed by atoms with E-state index in [0.717, 1.165) is 20.4 Å². The van der Waals surface area contributed by atoms with Crippen molar-refractivity contribution in [3.05, 3.63) is 127 Å². The van der Waals surface area contributed by atoms with Crippen molar-refractivity contribution < 1.29 is 27.7 Å². The Labute approximate surface area is 292 Å². The topological polar surface area (TPSA) is 139 Å². The number of ether oxygens (including phenoxy) is 1. The van der Waals surface area contributed by atoms with Crippen molar-refractivity contribution in [1.29, 1.82) is 0 Å². The van der Waals surface area contributed by atoms with Crippen molar-refractivity contribution in [2.24, 2.45) is 0 Å². The second-order valence-electron chi connectivity index (χ2n) is 10.8. The molecule has 0 radical (unpaired) electrons. The summed E-state index contributed by atoms with van der Waals surface area (Å²) in [5.74, 6) is -1.05. The largest absolute Gasteiger partial charge is 0.495 e. The van der Waals surface area contributed by atoms with E-state index in [0.29, 0.717) is 12.1 Å². The van der Waals surface area contributed by atoms with Gasteiger partial charge < -0.3 is 15.0 Å². The van der Waals surface area contributed by atoms with Gasteiger partial charge in [0, 0.05) is 40.6 Å². The SMILES string of the molecule is CCNC(=O)C(Cc1ccccc1)N(Cc1ccc(Br)cc1)C(=O)CN(c1cc(Cl)ccc1OC)S(=O)(=O)c1ccc(C)c([N+](=O)[O-])c1. The molecular formula is C34H34BrClN4O7S. The van der Waals surface area contributed by atoms with E-state index in [4.69, 9.17) is 16.3 Å². The minimum absolute atomic E-state index is 0.0304. The number of nitrogens with one attached hydrogen (secondary N) is 1. The summed E-state index contributed by atoms with van der Waals surface area (Å²) in [6, 6.07) is 23.1. The fourth-order valence-corrected chi connectivity index (χ4v) is 6.95. The number of benzene rings is 4. The van der Waals surface area contributed by atoms with Crippen molar-refractivity contribution in [1.82, 2.24) is 10.2 Å². The Morgan fingerprint density at radius 2 is 1.69 bits per heavy atom. The van der Waals surface area contributed by atoms with Gasteiger partial charge in [-0.1, -0.05) is 76.1 Å². The molecule has 1 N–H and O–H groups in total. The van der Waals surface area contributed by atoms with Crippen LogP contribution in [0.3, 0.4) is 0 Å². The lowest BCUT2D eigenvalue weighted by Crippen LogP contribution is -2.53. The van der Waals surface area contributed by atoms with Gasteiger partial charge in [0.25, 0.3) is 15.7 Å². The second kappa shape index (κ2) is 16.1. The maximum Gasteiger partial charge on any atom is 0.273 e. The summed E-state index contributed by atoms with van der Waals surface area (Å²) in [4.78, 5) is 40.2. The average Bonchev–Trinajstić information content (AvgIpc) is 3.06. The number of likely N-dealkylation sites (N-methyl/N-ethyl adjacent to an activating group) is 1. The smallest absolute Gasteiger partial charge is 0.273 e. The minimum atomic E-state index is -4.66. The Balaban J connectivity index is 1.88. The third-order valence-electron chi connectivity index (χ3n) is 7.54. The third-order valence-corrected chi connectivity index (χ3v) is 10.1. The fourth-order valence-electron chi connectivity index (χ4n) is 5.08. The highest BCUT2D eigenvalue weighted by Gasteiger charge is 2.36. The predicted octanol–water partition coefficient (Wildman–Crippen LogP) is 6.30. The molecule has 48 heavy (non-hydrogen) atoms. The number of nitro benzene ring substituents is 1. The first-order chi connectivity index (χ1) is 22.8. The molecule has 252 valence electrons. The molecule has 0 aliphatic heterocycles. The van der Waals surface area contributed by atoms with Crippen LogP contribution in [0.25, 0.3) is 0 Å². The molecule has 11 nitrogen and oxygen atoms in total. The standard InChI is InChI=1S/C34H34BrClN4O7S/c1-4-37-34(42)31(18-24-8-6-5-7-9-24)38(21-25-11-13-26(35)14-12-25)33(41)22-39(30-19-27(36)15-17-32(30)47-3)48(45,46)28-16-10-23(2)29(20-28)40(43)44/h5-17,19-20,31H,4,18,21-22H2,1-3H3,(H,37,42). The van der Waals surface area contributed by atoms with Gasteiger partial charge in [0.2, 0.25) is 11.8 Å². The molecule has 14 heteroatoms. The van der Waals surface area contributed by atoms with Gasteiger partial charge in [-0.05, 0) is 61.4 Å².